The van der Waals surface area contributed by atoms with Gasteiger partial charge in [-0.3, -0.25) is 0 Å². The lowest BCUT2D eigenvalue weighted by atomic mass is 10.0. The van der Waals surface area contributed by atoms with Crippen LogP contribution in [0.25, 0.3) is 11.1 Å². The molecule has 1 aromatic carbocycles. The second-order valence-corrected chi connectivity index (χ2v) is 3.63. The topological polar surface area (TPSA) is 48.1 Å². The van der Waals surface area contributed by atoms with Crippen LogP contribution in [0.1, 0.15) is 5.56 Å². The largest absolute Gasteiger partial charge is 0.481 e. The number of benzene rings is 1. The van der Waals surface area contributed by atoms with Crippen LogP contribution in [0.4, 0.5) is 5.69 Å². The standard InChI is InChI=1S/C13H14N2O/c1-9-8-10(14)5-6-11(9)12-4-3-7-15-13(12)16-2/h3-8H,14H2,1-2H3. The van der Waals surface area contributed by atoms with Crippen molar-refractivity contribution in [2.45, 2.75) is 6.92 Å². The van der Waals surface area contributed by atoms with E-state index in [1.807, 2.05) is 37.3 Å². The third kappa shape index (κ3) is 1.84. The van der Waals surface area contributed by atoms with Crippen LogP contribution >= 0.6 is 0 Å². The summed E-state index contributed by atoms with van der Waals surface area (Å²) in [6.07, 6.45) is 1.72. The molecule has 3 nitrogen and oxygen atoms in total. The van der Waals surface area contributed by atoms with Gasteiger partial charge < -0.3 is 10.5 Å². The van der Waals surface area contributed by atoms with E-state index in [0.717, 1.165) is 22.4 Å². The Kier molecular flexibility index (Phi) is 2.77. The first-order valence-corrected chi connectivity index (χ1v) is 5.08. The van der Waals surface area contributed by atoms with Crippen LogP contribution in [-0.4, -0.2) is 12.1 Å². The van der Waals surface area contributed by atoms with Gasteiger partial charge in [-0.15, -0.1) is 0 Å². The number of nitrogens with two attached hydrogens (primary N) is 1. The third-order valence-corrected chi connectivity index (χ3v) is 2.51. The maximum atomic E-state index is 5.73. The number of hydrogen-bond acceptors (Lipinski definition) is 3. The van der Waals surface area contributed by atoms with Crippen LogP contribution in [0.15, 0.2) is 36.5 Å². The van der Waals surface area contributed by atoms with Crippen LogP contribution in [-0.2, 0) is 0 Å². The third-order valence-electron chi connectivity index (χ3n) is 2.51. The lowest BCUT2D eigenvalue weighted by Gasteiger charge is -2.10. The molecule has 0 saturated carbocycles. The lowest BCUT2D eigenvalue weighted by Crippen LogP contribution is -1.93. The Hall–Kier alpha value is -2.03. The summed E-state index contributed by atoms with van der Waals surface area (Å²) in [7, 11) is 1.62. The zero-order chi connectivity index (χ0) is 11.5. The molecule has 0 fully saturated rings. The van der Waals surface area contributed by atoms with E-state index >= 15 is 0 Å². The van der Waals surface area contributed by atoms with E-state index in [4.69, 9.17) is 10.5 Å². The Morgan fingerprint density at radius 1 is 1.19 bits per heavy atom. The van der Waals surface area contributed by atoms with E-state index in [0.29, 0.717) is 5.88 Å². The lowest BCUT2D eigenvalue weighted by molar-refractivity contribution is 0.399. The van der Waals surface area contributed by atoms with Crippen molar-refractivity contribution in [3.63, 3.8) is 0 Å². The predicted octanol–water partition coefficient (Wildman–Crippen LogP) is 2.65. The number of aromatic nitrogens is 1. The van der Waals surface area contributed by atoms with Gasteiger partial charge in [0, 0.05) is 17.4 Å². The SMILES string of the molecule is COc1ncccc1-c1ccc(N)cc1C. The molecule has 0 saturated heterocycles. The zero-order valence-corrected chi connectivity index (χ0v) is 9.40. The predicted molar refractivity (Wildman–Crippen MR) is 65.4 cm³/mol. The highest BCUT2D eigenvalue weighted by Crippen LogP contribution is 2.30. The fourth-order valence-corrected chi connectivity index (χ4v) is 1.75. The van der Waals surface area contributed by atoms with E-state index in [1.165, 1.54) is 0 Å². The molecule has 0 aliphatic heterocycles. The molecule has 3 heteroatoms. The highest BCUT2D eigenvalue weighted by atomic mass is 16.5. The van der Waals surface area contributed by atoms with Crippen molar-refractivity contribution in [3.8, 4) is 17.0 Å². The molecule has 16 heavy (non-hydrogen) atoms. The highest BCUT2D eigenvalue weighted by molar-refractivity contribution is 5.73. The van der Waals surface area contributed by atoms with E-state index < -0.39 is 0 Å². The van der Waals surface area contributed by atoms with Crippen molar-refractivity contribution in [2.24, 2.45) is 0 Å². The Balaban J connectivity index is 2.58. The minimum Gasteiger partial charge on any atom is -0.481 e. The Bertz CT molecular complexity index is 509. The van der Waals surface area contributed by atoms with Gasteiger partial charge in [-0.2, -0.15) is 0 Å². The number of aryl methyl sites for hydroxylation is 1. The molecule has 0 aliphatic carbocycles. The molecule has 0 bridgehead atoms. The molecule has 1 aromatic heterocycles. The fourth-order valence-electron chi connectivity index (χ4n) is 1.75. The van der Waals surface area contributed by atoms with Gasteiger partial charge in [0.15, 0.2) is 0 Å². The summed E-state index contributed by atoms with van der Waals surface area (Å²) < 4.78 is 5.24. The van der Waals surface area contributed by atoms with Gasteiger partial charge in [0.25, 0.3) is 0 Å². The van der Waals surface area contributed by atoms with Crippen molar-refractivity contribution >= 4 is 5.69 Å². The number of hydrogen-bond donors (Lipinski definition) is 1. The van der Waals surface area contributed by atoms with Gasteiger partial charge >= 0.3 is 0 Å². The Morgan fingerprint density at radius 2 is 2.00 bits per heavy atom. The van der Waals surface area contributed by atoms with E-state index in [1.54, 1.807) is 13.3 Å². The second-order valence-electron chi connectivity index (χ2n) is 3.63. The van der Waals surface area contributed by atoms with Crippen molar-refractivity contribution in [3.05, 3.63) is 42.1 Å². The quantitative estimate of drug-likeness (QED) is 0.782. The smallest absolute Gasteiger partial charge is 0.221 e. The van der Waals surface area contributed by atoms with Gasteiger partial charge in [-0.05, 0) is 42.3 Å². The number of ether oxygens (including phenoxy) is 1. The van der Waals surface area contributed by atoms with E-state index in [2.05, 4.69) is 4.98 Å². The van der Waals surface area contributed by atoms with E-state index in [-0.39, 0.29) is 0 Å². The van der Waals surface area contributed by atoms with Gasteiger partial charge in [0.2, 0.25) is 5.88 Å². The number of rotatable bonds is 2. The van der Waals surface area contributed by atoms with Crippen LogP contribution in [0.2, 0.25) is 0 Å². The number of nitrogen functional groups attached to an aromatic ring is 1. The Morgan fingerprint density at radius 3 is 2.69 bits per heavy atom. The molecule has 0 aliphatic rings. The number of anilines is 1. The van der Waals surface area contributed by atoms with Gasteiger partial charge in [0.1, 0.15) is 0 Å². The molecule has 2 N–H and O–H groups in total. The molecule has 2 aromatic rings. The fraction of sp³-hybridized carbons (Fsp3) is 0.154. The molecule has 0 spiro atoms. The van der Waals surface area contributed by atoms with Crippen molar-refractivity contribution < 1.29 is 4.74 Å². The molecule has 82 valence electrons. The summed E-state index contributed by atoms with van der Waals surface area (Å²) in [5, 5.41) is 0. The summed E-state index contributed by atoms with van der Waals surface area (Å²) in [5.41, 5.74) is 9.70. The minimum absolute atomic E-state index is 0.635. The number of pyridine rings is 1. The van der Waals surface area contributed by atoms with Crippen molar-refractivity contribution in [1.82, 2.24) is 4.98 Å². The average molecular weight is 214 g/mol. The van der Waals surface area contributed by atoms with Gasteiger partial charge in [-0.25, -0.2) is 4.98 Å². The zero-order valence-electron chi connectivity index (χ0n) is 9.40. The first kappa shape index (κ1) is 10.5. The first-order valence-electron chi connectivity index (χ1n) is 5.08. The van der Waals surface area contributed by atoms with Crippen molar-refractivity contribution in [1.29, 1.82) is 0 Å². The molecular weight excluding hydrogens is 200 g/mol. The molecular formula is C13H14N2O. The minimum atomic E-state index is 0.635. The molecule has 0 radical (unpaired) electrons. The average Bonchev–Trinajstić information content (AvgIpc) is 2.29. The normalized spacial score (nSPS) is 10.1. The second kappa shape index (κ2) is 4.23. The van der Waals surface area contributed by atoms with Crippen LogP contribution in [0.3, 0.4) is 0 Å². The van der Waals surface area contributed by atoms with Gasteiger partial charge in [0.05, 0.1) is 7.11 Å². The summed E-state index contributed by atoms with van der Waals surface area (Å²) >= 11 is 0. The van der Waals surface area contributed by atoms with Crippen LogP contribution in [0, 0.1) is 6.92 Å². The van der Waals surface area contributed by atoms with Crippen LogP contribution in [0.5, 0.6) is 5.88 Å². The summed E-state index contributed by atoms with van der Waals surface area (Å²) in [6, 6.07) is 9.71. The number of methoxy groups -OCH3 is 1. The maximum Gasteiger partial charge on any atom is 0.221 e. The monoisotopic (exact) mass is 214 g/mol. The summed E-state index contributed by atoms with van der Waals surface area (Å²) in [4.78, 5) is 4.18. The number of nitrogens with zero attached hydrogens (tertiary/aromatic N) is 1. The molecule has 2 rings (SSSR count). The van der Waals surface area contributed by atoms with Gasteiger partial charge in [-0.1, -0.05) is 6.07 Å². The Labute approximate surface area is 94.9 Å². The maximum absolute atomic E-state index is 5.73. The summed E-state index contributed by atoms with van der Waals surface area (Å²) in [5.74, 6) is 0.635. The molecule has 0 unspecified atom stereocenters. The molecule has 1 heterocycles. The van der Waals surface area contributed by atoms with Crippen molar-refractivity contribution in [2.75, 3.05) is 12.8 Å². The summed E-state index contributed by atoms with van der Waals surface area (Å²) in [6.45, 7) is 2.03. The molecule has 0 amide bonds. The van der Waals surface area contributed by atoms with E-state index in [9.17, 15) is 0 Å². The molecule has 0 atom stereocenters. The highest BCUT2D eigenvalue weighted by Gasteiger charge is 2.08. The first-order chi connectivity index (χ1) is 7.72. The van der Waals surface area contributed by atoms with Crippen LogP contribution < -0.4 is 10.5 Å².